The summed E-state index contributed by atoms with van der Waals surface area (Å²) in [6.45, 7) is 2.81. The van der Waals surface area contributed by atoms with E-state index >= 15 is 0 Å². The number of rotatable bonds is 5. The van der Waals surface area contributed by atoms with Crippen molar-refractivity contribution in [2.24, 2.45) is 0 Å². The third-order valence-corrected chi connectivity index (χ3v) is 5.72. The second kappa shape index (κ2) is 8.96. The van der Waals surface area contributed by atoms with E-state index in [2.05, 4.69) is 5.32 Å². The predicted octanol–water partition coefficient (Wildman–Crippen LogP) is 3.36. The topological polar surface area (TPSA) is 78.5 Å². The van der Waals surface area contributed by atoms with Crippen molar-refractivity contribution in [2.45, 2.75) is 13.0 Å². The molecule has 2 aliphatic heterocycles. The van der Waals surface area contributed by atoms with Crippen LogP contribution in [0.2, 0.25) is 0 Å². The Morgan fingerprint density at radius 3 is 2.53 bits per heavy atom. The summed E-state index contributed by atoms with van der Waals surface area (Å²) in [5.41, 5.74) is 2.48. The average molecular weight is 457 g/mol. The molecule has 0 bridgehead atoms. The van der Waals surface area contributed by atoms with Crippen LogP contribution in [0.3, 0.4) is 0 Å². The number of ether oxygens (including phenoxy) is 5. The van der Waals surface area contributed by atoms with Crippen molar-refractivity contribution in [2.75, 3.05) is 39.4 Å². The molecule has 0 aromatic heterocycles. The van der Waals surface area contributed by atoms with Gasteiger partial charge < -0.3 is 29.0 Å². The number of nitrogens with zero attached hydrogens (tertiary/aromatic N) is 1. The van der Waals surface area contributed by atoms with Gasteiger partial charge in [-0.05, 0) is 37.3 Å². The van der Waals surface area contributed by atoms with Crippen LogP contribution in [0.4, 0.5) is 5.69 Å². The lowest BCUT2D eigenvalue weighted by atomic mass is 9.93. The first-order valence-electron chi connectivity index (χ1n) is 10.00. The van der Waals surface area contributed by atoms with Crippen molar-refractivity contribution in [3.8, 4) is 23.0 Å². The molecule has 0 amide bonds. The number of methoxy groups -OCH3 is 3. The Balaban J connectivity index is 1.84. The summed E-state index contributed by atoms with van der Waals surface area (Å²) >= 11 is 5.72. The molecule has 2 aromatic carbocycles. The van der Waals surface area contributed by atoms with Crippen molar-refractivity contribution < 1.29 is 28.5 Å². The second-order valence-electron chi connectivity index (χ2n) is 7.12. The molecule has 0 saturated carbocycles. The van der Waals surface area contributed by atoms with Crippen molar-refractivity contribution >= 4 is 29.0 Å². The lowest BCUT2D eigenvalue weighted by Crippen LogP contribution is -2.48. The number of thiocarbonyl (C=S) groups is 1. The zero-order chi connectivity index (χ0) is 22.8. The second-order valence-corrected chi connectivity index (χ2v) is 7.51. The van der Waals surface area contributed by atoms with Gasteiger partial charge >= 0.3 is 5.97 Å². The monoisotopic (exact) mass is 456 g/mol. The Morgan fingerprint density at radius 1 is 1.09 bits per heavy atom. The molecule has 9 heteroatoms. The predicted molar refractivity (Wildman–Crippen MR) is 123 cm³/mol. The summed E-state index contributed by atoms with van der Waals surface area (Å²) < 4.78 is 27.5. The third kappa shape index (κ3) is 3.69. The van der Waals surface area contributed by atoms with Gasteiger partial charge in [0.15, 0.2) is 28.1 Å². The fourth-order valence-corrected chi connectivity index (χ4v) is 4.33. The summed E-state index contributed by atoms with van der Waals surface area (Å²) in [5.74, 6) is 1.88. The van der Waals surface area contributed by atoms with Crippen LogP contribution in [0.15, 0.2) is 47.7 Å². The molecule has 8 nitrogen and oxygen atoms in total. The van der Waals surface area contributed by atoms with Crippen LogP contribution in [0, 0.1) is 0 Å². The minimum atomic E-state index is -0.589. The van der Waals surface area contributed by atoms with Crippen molar-refractivity contribution in [1.82, 2.24) is 5.32 Å². The number of carbonyl (C=O) groups excluding carboxylic acids is 1. The van der Waals surface area contributed by atoms with Crippen LogP contribution >= 0.6 is 12.2 Å². The molecule has 0 aliphatic carbocycles. The molecule has 4 rings (SSSR count). The minimum Gasteiger partial charge on any atom is -0.493 e. The molecular weight excluding hydrogens is 432 g/mol. The molecule has 0 saturated heterocycles. The van der Waals surface area contributed by atoms with Gasteiger partial charge in [0.25, 0.3) is 0 Å². The Morgan fingerprint density at radius 2 is 1.84 bits per heavy atom. The highest BCUT2D eigenvalue weighted by molar-refractivity contribution is 7.80. The zero-order valence-electron chi connectivity index (χ0n) is 18.3. The first kappa shape index (κ1) is 21.8. The fourth-order valence-electron chi connectivity index (χ4n) is 3.97. The molecule has 2 aromatic rings. The number of esters is 1. The molecular formula is C23H24N2O6S. The number of carbonyl (C=O) groups is 1. The van der Waals surface area contributed by atoms with Crippen LogP contribution in [-0.2, 0) is 9.53 Å². The normalized spacial score (nSPS) is 17.6. The van der Waals surface area contributed by atoms with Gasteiger partial charge in [-0.3, -0.25) is 4.90 Å². The highest BCUT2D eigenvalue weighted by Gasteiger charge is 2.37. The SMILES string of the molecule is COC(=O)C1=C(C)N(c2ccc3c(c2)OCCO3)C(=S)N[C@H]1c1cccc(OC)c1OC. The molecule has 168 valence electrons. The van der Waals surface area contributed by atoms with Gasteiger partial charge in [0.1, 0.15) is 13.2 Å². The molecule has 2 aliphatic rings. The van der Waals surface area contributed by atoms with E-state index in [9.17, 15) is 4.79 Å². The van der Waals surface area contributed by atoms with Crippen molar-refractivity contribution in [3.05, 3.63) is 53.2 Å². The van der Waals surface area contributed by atoms with Crippen molar-refractivity contribution in [3.63, 3.8) is 0 Å². The fraction of sp³-hybridized carbons (Fsp3) is 0.304. The number of para-hydroxylation sites is 1. The van der Waals surface area contributed by atoms with E-state index in [0.29, 0.717) is 58.2 Å². The first-order chi connectivity index (χ1) is 15.5. The van der Waals surface area contributed by atoms with E-state index in [1.165, 1.54) is 7.11 Å². The van der Waals surface area contributed by atoms with Crippen LogP contribution in [0.1, 0.15) is 18.5 Å². The minimum absolute atomic E-state index is 0.405. The summed E-state index contributed by atoms with van der Waals surface area (Å²) in [6.07, 6.45) is 0. The van der Waals surface area contributed by atoms with Crippen LogP contribution in [-0.4, -0.2) is 45.6 Å². The van der Waals surface area contributed by atoms with Crippen LogP contribution in [0.25, 0.3) is 0 Å². The Hall–Kier alpha value is -3.46. The smallest absolute Gasteiger partial charge is 0.337 e. The van der Waals surface area contributed by atoms with E-state index in [4.69, 9.17) is 35.9 Å². The maximum absolute atomic E-state index is 12.9. The number of benzene rings is 2. The van der Waals surface area contributed by atoms with Gasteiger partial charge in [0.2, 0.25) is 0 Å². The number of hydrogen-bond acceptors (Lipinski definition) is 7. The summed E-state index contributed by atoms with van der Waals surface area (Å²) in [4.78, 5) is 14.7. The highest BCUT2D eigenvalue weighted by Crippen LogP contribution is 2.42. The van der Waals surface area contributed by atoms with Crippen LogP contribution < -0.4 is 29.2 Å². The van der Waals surface area contributed by atoms with Gasteiger partial charge in [-0.25, -0.2) is 4.79 Å². The lowest BCUT2D eigenvalue weighted by Gasteiger charge is -2.38. The van der Waals surface area contributed by atoms with Gasteiger partial charge in [0, 0.05) is 17.3 Å². The zero-order valence-corrected chi connectivity index (χ0v) is 19.1. The molecule has 0 unspecified atom stereocenters. The number of fused-ring (bicyclic) bond motifs is 1. The number of hydrogen-bond donors (Lipinski definition) is 1. The first-order valence-corrected chi connectivity index (χ1v) is 10.4. The van der Waals surface area contributed by atoms with E-state index in [-0.39, 0.29) is 0 Å². The molecule has 0 fully saturated rings. The maximum Gasteiger partial charge on any atom is 0.337 e. The van der Waals surface area contributed by atoms with Gasteiger partial charge in [-0.2, -0.15) is 0 Å². The molecule has 1 N–H and O–H groups in total. The molecule has 1 atom stereocenters. The summed E-state index contributed by atoms with van der Waals surface area (Å²) in [7, 11) is 4.47. The number of anilines is 1. The van der Waals surface area contributed by atoms with Gasteiger partial charge in [-0.1, -0.05) is 12.1 Å². The number of allylic oxidation sites excluding steroid dienone is 1. The summed E-state index contributed by atoms with van der Waals surface area (Å²) in [5, 5.41) is 3.69. The van der Waals surface area contributed by atoms with Crippen molar-refractivity contribution in [1.29, 1.82) is 0 Å². The lowest BCUT2D eigenvalue weighted by molar-refractivity contribution is -0.136. The summed E-state index contributed by atoms with van der Waals surface area (Å²) in [6, 6.07) is 10.4. The maximum atomic E-state index is 12.9. The highest BCUT2D eigenvalue weighted by atomic mass is 32.1. The Kier molecular flexibility index (Phi) is 6.09. The molecule has 32 heavy (non-hydrogen) atoms. The third-order valence-electron chi connectivity index (χ3n) is 5.42. The Labute approximate surface area is 191 Å². The van der Waals surface area contributed by atoms with E-state index in [1.807, 2.05) is 37.3 Å². The molecule has 0 spiro atoms. The molecule has 0 radical (unpaired) electrons. The average Bonchev–Trinajstić information content (AvgIpc) is 2.82. The quantitative estimate of drug-likeness (QED) is 0.538. The van der Waals surface area contributed by atoms with E-state index in [1.54, 1.807) is 25.2 Å². The van der Waals surface area contributed by atoms with Crippen LogP contribution in [0.5, 0.6) is 23.0 Å². The Bertz CT molecular complexity index is 1100. The largest absolute Gasteiger partial charge is 0.493 e. The van der Waals surface area contributed by atoms with Gasteiger partial charge in [-0.15, -0.1) is 0 Å². The van der Waals surface area contributed by atoms with Gasteiger partial charge in [0.05, 0.1) is 38.6 Å². The van der Waals surface area contributed by atoms with E-state index in [0.717, 1.165) is 5.69 Å². The van der Waals surface area contributed by atoms with E-state index < -0.39 is 12.0 Å². The standard InChI is InChI=1S/C23H24N2O6S/c1-13-19(22(26)29-4)20(15-6-5-7-17(27-2)21(15)28-3)24-23(32)25(13)14-8-9-16-18(12-14)31-11-10-30-16/h5-9,12,20H,10-11H2,1-4H3,(H,24,32)/t20-/m0/s1. The number of nitrogens with one attached hydrogen (secondary N) is 1. The molecule has 2 heterocycles.